The molecular weight excluding hydrogens is 332 g/mol. The number of hydrazone groups is 1. The molecule has 26 heavy (non-hydrogen) atoms. The van der Waals surface area contributed by atoms with Gasteiger partial charge in [-0.3, -0.25) is 20.5 Å². The maximum absolute atomic E-state index is 10.7. The average Bonchev–Trinajstić information content (AvgIpc) is 2.70. The molecule has 1 aromatic heterocycles. The number of nitrogens with one attached hydrogen (secondary N) is 1. The topological polar surface area (TPSA) is 105 Å². The molecule has 2 aromatic carbocycles. The Kier molecular flexibility index (Phi) is 5.36. The van der Waals surface area contributed by atoms with Gasteiger partial charge in [0.05, 0.1) is 16.3 Å². The van der Waals surface area contributed by atoms with Gasteiger partial charge in [-0.15, -0.1) is 10.2 Å². The van der Waals surface area contributed by atoms with Gasteiger partial charge in [0.25, 0.3) is 5.69 Å². The number of aromatic nitrogens is 1. The van der Waals surface area contributed by atoms with Crippen LogP contribution in [0.2, 0.25) is 0 Å². The lowest BCUT2D eigenvalue weighted by Crippen LogP contribution is -2.01. The summed E-state index contributed by atoms with van der Waals surface area (Å²) in [5, 5.41) is 23.3. The maximum atomic E-state index is 10.7. The van der Waals surface area contributed by atoms with Crippen molar-refractivity contribution >= 4 is 22.9 Å². The highest BCUT2D eigenvalue weighted by Crippen LogP contribution is 2.18. The fourth-order valence-electron chi connectivity index (χ4n) is 2.02. The molecule has 8 nitrogen and oxygen atoms in total. The lowest BCUT2D eigenvalue weighted by atomic mass is 10.2. The Morgan fingerprint density at radius 3 is 2.31 bits per heavy atom. The van der Waals surface area contributed by atoms with Gasteiger partial charge in [-0.2, -0.15) is 5.10 Å². The van der Waals surface area contributed by atoms with Crippen LogP contribution in [0.3, 0.4) is 0 Å². The summed E-state index contributed by atoms with van der Waals surface area (Å²) in [5.41, 5.74) is 4.95. The fraction of sp³-hybridized carbons (Fsp3) is 0. The standard InChI is InChI=1S/C18H14N6O2/c25-24(26)17-8-6-16(7-9-17)21-23-18(14-10-12-19-13-11-14)22-20-15-4-2-1-3-5-15/h1-13,20H. The van der Waals surface area contributed by atoms with Crippen molar-refractivity contribution in [2.45, 2.75) is 0 Å². The second-order valence-corrected chi connectivity index (χ2v) is 5.12. The Labute approximate surface area is 149 Å². The maximum Gasteiger partial charge on any atom is 0.269 e. The lowest BCUT2D eigenvalue weighted by Gasteiger charge is -2.03. The van der Waals surface area contributed by atoms with Crippen LogP contribution in [0.25, 0.3) is 0 Å². The Morgan fingerprint density at radius 1 is 0.962 bits per heavy atom. The number of amidine groups is 1. The van der Waals surface area contributed by atoms with E-state index in [1.807, 2.05) is 30.3 Å². The molecule has 128 valence electrons. The van der Waals surface area contributed by atoms with Gasteiger partial charge in [0, 0.05) is 30.1 Å². The molecule has 8 heteroatoms. The number of rotatable bonds is 5. The molecule has 0 unspecified atom stereocenters. The van der Waals surface area contributed by atoms with E-state index >= 15 is 0 Å². The van der Waals surface area contributed by atoms with E-state index in [2.05, 4.69) is 25.7 Å². The van der Waals surface area contributed by atoms with Crippen LogP contribution in [0.1, 0.15) is 5.56 Å². The van der Waals surface area contributed by atoms with Crippen LogP contribution in [0.4, 0.5) is 17.1 Å². The number of hydrogen-bond donors (Lipinski definition) is 1. The molecule has 0 radical (unpaired) electrons. The van der Waals surface area contributed by atoms with Crippen LogP contribution in [0.5, 0.6) is 0 Å². The largest absolute Gasteiger partial charge is 0.276 e. The summed E-state index contributed by atoms with van der Waals surface area (Å²) in [6.07, 6.45) is 3.27. The van der Waals surface area contributed by atoms with Gasteiger partial charge in [-0.05, 0) is 36.4 Å². The van der Waals surface area contributed by atoms with Gasteiger partial charge in [-0.25, -0.2) is 0 Å². The predicted molar refractivity (Wildman–Crippen MR) is 98.5 cm³/mol. The molecule has 3 aromatic rings. The highest BCUT2D eigenvalue weighted by atomic mass is 16.6. The number of azo groups is 1. The molecule has 1 heterocycles. The quantitative estimate of drug-likeness (QED) is 0.240. The molecular formula is C18H14N6O2. The van der Waals surface area contributed by atoms with Crippen molar-refractivity contribution in [3.05, 3.63) is 94.8 Å². The Morgan fingerprint density at radius 2 is 1.65 bits per heavy atom. The van der Waals surface area contributed by atoms with Crippen LogP contribution in [0, 0.1) is 10.1 Å². The van der Waals surface area contributed by atoms with E-state index in [1.54, 1.807) is 24.5 Å². The zero-order valence-corrected chi connectivity index (χ0v) is 13.6. The van der Waals surface area contributed by atoms with Crippen molar-refractivity contribution in [1.82, 2.24) is 4.98 Å². The summed E-state index contributed by atoms with van der Waals surface area (Å²) >= 11 is 0. The number of anilines is 1. The van der Waals surface area contributed by atoms with Crippen LogP contribution in [-0.4, -0.2) is 15.7 Å². The smallest absolute Gasteiger partial charge is 0.269 e. The van der Waals surface area contributed by atoms with Crippen LogP contribution in [-0.2, 0) is 0 Å². The van der Waals surface area contributed by atoms with E-state index in [0.29, 0.717) is 11.5 Å². The van der Waals surface area contributed by atoms with Crippen LogP contribution in [0.15, 0.2) is 94.5 Å². The molecule has 0 amide bonds. The predicted octanol–water partition coefficient (Wildman–Crippen LogP) is 4.55. The van der Waals surface area contributed by atoms with E-state index < -0.39 is 4.92 Å². The summed E-state index contributed by atoms with van der Waals surface area (Å²) in [6, 6.07) is 18.8. The molecule has 0 aliphatic carbocycles. The molecule has 3 rings (SSSR count). The monoisotopic (exact) mass is 346 g/mol. The minimum Gasteiger partial charge on any atom is -0.276 e. The van der Waals surface area contributed by atoms with Gasteiger partial charge in [0.1, 0.15) is 0 Å². The van der Waals surface area contributed by atoms with E-state index in [9.17, 15) is 10.1 Å². The summed E-state index contributed by atoms with van der Waals surface area (Å²) in [5.74, 6) is 0.356. The van der Waals surface area contributed by atoms with Gasteiger partial charge in [0.15, 0.2) is 0 Å². The molecule has 0 saturated carbocycles. The Bertz CT molecular complexity index is 925. The molecule has 0 spiro atoms. The minimum atomic E-state index is -0.464. The second kappa shape index (κ2) is 8.25. The van der Waals surface area contributed by atoms with E-state index in [-0.39, 0.29) is 5.69 Å². The third kappa shape index (κ3) is 4.54. The van der Waals surface area contributed by atoms with Crippen molar-refractivity contribution in [3.8, 4) is 0 Å². The third-order valence-corrected chi connectivity index (χ3v) is 3.32. The van der Waals surface area contributed by atoms with Crippen molar-refractivity contribution in [2.24, 2.45) is 15.3 Å². The van der Waals surface area contributed by atoms with Crippen molar-refractivity contribution < 1.29 is 4.92 Å². The lowest BCUT2D eigenvalue weighted by molar-refractivity contribution is -0.384. The molecule has 0 aliphatic heterocycles. The molecule has 0 fully saturated rings. The summed E-state index contributed by atoms with van der Waals surface area (Å²) in [6.45, 7) is 0. The van der Waals surface area contributed by atoms with E-state index in [1.165, 1.54) is 24.3 Å². The first-order valence-corrected chi connectivity index (χ1v) is 7.68. The Hall–Kier alpha value is -3.94. The minimum absolute atomic E-state index is 0.00211. The fourth-order valence-corrected chi connectivity index (χ4v) is 2.02. The molecule has 0 bridgehead atoms. The SMILES string of the molecule is O=[N+]([O-])c1ccc(N=NC(=NNc2ccccc2)c2ccncc2)cc1. The second-order valence-electron chi connectivity index (χ2n) is 5.12. The molecule has 0 aliphatic rings. The number of non-ortho nitro benzene ring substituents is 1. The first kappa shape index (κ1) is 16.9. The number of para-hydroxylation sites is 1. The van der Waals surface area contributed by atoms with Gasteiger partial charge in [0.2, 0.25) is 5.84 Å². The van der Waals surface area contributed by atoms with Crippen molar-refractivity contribution in [2.75, 3.05) is 5.43 Å². The zero-order valence-electron chi connectivity index (χ0n) is 13.6. The first-order chi connectivity index (χ1) is 12.7. The number of pyridine rings is 1. The number of hydrogen-bond acceptors (Lipinski definition) is 6. The van der Waals surface area contributed by atoms with Crippen LogP contribution >= 0.6 is 0 Å². The number of nitro groups is 1. The number of nitro benzene ring substituents is 1. The third-order valence-electron chi connectivity index (χ3n) is 3.32. The Balaban J connectivity index is 1.84. The number of nitrogens with zero attached hydrogens (tertiary/aromatic N) is 5. The zero-order chi connectivity index (χ0) is 18.2. The summed E-state index contributed by atoms with van der Waals surface area (Å²) in [4.78, 5) is 14.2. The van der Waals surface area contributed by atoms with Crippen LogP contribution < -0.4 is 5.43 Å². The normalized spacial score (nSPS) is 11.5. The van der Waals surface area contributed by atoms with Crippen molar-refractivity contribution in [1.29, 1.82) is 0 Å². The van der Waals surface area contributed by atoms with E-state index in [0.717, 1.165) is 11.3 Å². The van der Waals surface area contributed by atoms with E-state index in [4.69, 9.17) is 0 Å². The summed E-state index contributed by atoms with van der Waals surface area (Å²) in [7, 11) is 0. The summed E-state index contributed by atoms with van der Waals surface area (Å²) < 4.78 is 0. The number of benzene rings is 2. The van der Waals surface area contributed by atoms with Gasteiger partial charge < -0.3 is 0 Å². The average molecular weight is 346 g/mol. The van der Waals surface area contributed by atoms with Crippen molar-refractivity contribution in [3.63, 3.8) is 0 Å². The molecule has 0 saturated heterocycles. The first-order valence-electron chi connectivity index (χ1n) is 7.68. The molecule has 0 atom stereocenters. The molecule has 1 N–H and O–H groups in total. The highest BCUT2D eigenvalue weighted by Gasteiger charge is 2.05. The van der Waals surface area contributed by atoms with Gasteiger partial charge in [-0.1, -0.05) is 18.2 Å². The van der Waals surface area contributed by atoms with Gasteiger partial charge >= 0.3 is 0 Å². The highest BCUT2D eigenvalue weighted by molar-refractivity contribution is 5.99.